The summed E-state index contributed by atoms with van der Waals surface area (Å²) in [6.45, 7) is 3.59. The minimum atomic E-state index is -0.439. The number of carbonyl (C=O) groups excluding carboxylic acids is 2. The summed E-state index contributed by atoms with van der Waals surface area (Å²) in [4.78, 5) is 24.1. The second-order valence-corrected chi connectivity index (χ2v) is 7.16. The number of aryl methyl sites for hydroxylation is 1. The Labute approximate surface area is 165 Å². The van der Waals surface area contributed by atoms with Crippen LogP contribution in [-0.4, -0.2) is 18.5 Å². The van der Waals surface area contributed by atoms with Gasteiger partial charge in [-0.05, 0) is 49.7 Å². The fourth-order valence-corrected chi connectivity index (χ4v) is 3.13. The molecule has 0 saturated carbocycles. The van der Waals surface area contributed by atoms with Gasteiger partial charge in [0.1, 0.15) is 11.3 Å². The van der Waals surface area contributed by atoms with Crippen LogP contribution in [-0.2, 0) is 4.79 Å². The molecular formula is C20H20BrN3O3. The summed E-state index contributed by atoms with van der Waals surface area (Å²) in [7, 11) is 0. The smallest absolute Gasteiger partial charge is 0.315 e. The van der Waals surface area contributed by atoms with E-state index in [4.69, 9.17) is 4.42 Å². The van der Waals surface area contributed by atoms with E-state index < -0.39 is 6.03 Å². The van der Waals surface area contributed by atoms with E-state index in [1.807, 2.05) is 56.3 Å². The van der Waals surface area contributed by atoms with E-state index in [9.17, 15) is 9.59 Å². The molecular weight excluding hydrogens is 410 g/mol. The molecule has 6 nitrogen and oxygen atoms in total. The maximum atomic E-state index is 12.1. The molecule has 3 N–H and O–H groups in total. The van der Waals surface area contributed by atoms with Gasteiger partial charge < -0.3 is 20.4 Å². The lowest BCUT2D eigenvalue weighted by atomic mass is 10.2. The highest BCUT2D eigenvalue weighted by molar-refractivity contribution is 9.10. The number of hydrogen-bond donors (Lipinski definition) is 3. The molecule has 3 aromatic rings. The average molecular weight is 430 g/mol. The van der Waals surface area contributed by atoms with Crippen molar-refractivity contribution in [3.63, 3.8) is 0 Å². The van der Waals surface area contributed by atoms with Gasteiger partial charge in [0.2, 0.25) is 5.91 Å². The maximum Gasteiger partial charge on any atom is 0.315 e. The van der Waals surface area contributed by atoms with Crippen LogP contribution >= 0.6 is 15.9 Å². The summed E-state index contributed by atoms with van der Waals surface area (Å²) in [6, 6.07) is 14.3. The summed E-state index contributed by atoms with van der Waals surface area (Å²) >= 11 is 3.38. The number of carbonyl (C=O) groups is 2. The Bertz CT molecular complexity index is 951. The van der Waals surface area contributed by atoms with Crippen molar-refractivity contribution in [2.75, 3.05) is 11.9 Å². The van der Waals surface area contributed by atoms with Gasteiger partial charge in [-0.1, -0.05) is 34.1 Å². The number of urea groups is 1. The number of amides is 3. The lowest BCUT2D eigenvalue weighted by molar-refractivity contribution is -0.115. The molecule has 0 fully saturated rings. The first kappa shape index (κ1) is 19.0. The van der Waals surface area contributed by atoms with Gasteiger partial charge in [-0.15, -0.1) is 0 Å². The van der Waals surface area contributed by atoms with Crippen LogP contribution in [0.25, 0.3) is 11.0 Å². The Morgan fingerprint density at radius 3 is 2.67 bits per heavy atom. The van der Waals surface area contributed by atoms with Crippen molar-refractivity contribution < 1.29 is 14.0 Å². The zero-order valence-electron chi connectivity index (χ0n) is 15.0. The molecule has 1 atom stereocenters. The number of para-hydroxylation sites is 1. The van der Waals surface area contributed by atoms with Crippen molar-refractivity contribution in [3.8, 4) is 0 Å². The lowest BCUT2D eigenvalue weighted by Crippen LogP contribution is -2.41. The monoisotopic (exact) mass is 429 g/mol. The predicted octanol–water partition coefficient (Wildman–Crippen LogP) is 4.50. The van der Waals surface area contributed by atoms with Gasteiger partial charge >= 0.3 is 6.03 Å². The average Bonchev–Trinajstić information content (AvgIpc) is 3.07. The molecule has 1 unspecified atom stereocenters. The third-order valence-corrected chi connectivity index (χ3v) is 4.58. The Morgan fingerprint density at radius 2 is 1.93 bits per heavy atom. The van der Waals surface area contributed by atoms with Gasteiger partial charge in [0, 0.05) is 15.5 Å². The van der Waals surface area contributed by atoms with Crippen molar-refractivity contribution in [1.29, 1.82) is 0 Å². The first-order valence-electron chi connectivity index (χ1n) is 8.51. The van der Waals surface area contributed by atoms with E-state index in [1.54, 1.807) is 6.07 Å². The van der Waals surface area contributed by atoms with E-state index in [2.05, 4.69) is 31.9 Å². The molecule has 3 amide bonds. The van der Waals surface area contributed by atoms with E-state index in [0.717, 1.165) is 21.0 Å². The van der Waals surface area contributed by atoms with Crippen LogP contribution in [0.3, 0.4) is 0 Å². The molecule has 0 aliphatic rings. The van der Waals surface area contributed by atoms with Crippen LogP contribution < -0.4 is 16.0 Å². The highest BCUT2D eigenvalue weighted by Crippen LogP contribution is 2.23. The molecule has 1 heterocycles. The third kappa shape index (κ3) is 4.89. The van der Waals surface area contributed by atoms with Crippen molar-refractivity contribution in [2.45, 2.75) is 19.9 Å². The molecule has 0 aliphatic heterocycles. The van der Waals surface area contributed by atoms with Crippen LogP contribution in [0.5, 0.6) is 0 Å². The Kier molecular flexibility index (Phi) is 5.81. The summed E-state index contributed by atoms with van der Waals surface area (Å²) in [6.07, 6.45) is 0. The number of halogens is 1. The zero-order chi connectivity index (χ0) is 19.4. The Balaban J connectivity index is 1.50. The van der Waals surface area contributed by atoms with Gasteiger partial charge in [0.25, 0.3) is 0 Å². The summed E-state index contributed by atoms with van der Waals surface area (Å²) in [5.74, 6) is 0.355. The zero-order valence-corrected chi connectivity index (χ0v) is 16.6. The standard InChI is InChI=1S/C20H20BrN3O3/c1-12-9-15(21)7-8-16(12)24-19(25)11-22-20(26)23-13(2)18-10-14-5-3-4-6-17(14)27-18/h3-10,13H,11H2,1-2H3,(H,24,25)(H2,22,23,26). The van der Waals surface area contributed by atoms with Crippen LogP contribution in [0, 0.1) is 6.92 Å². The van der Waals surface area contributed by atoms with E-state index in [0.29, 0.717) is 11.4 Å². The Morgan fingerprint density at radius 1 is 1.15 bits per heavy atom. The lowest BCUT2D eigenvalue weighted by Gasteiger charge is -2.13. The van der Waals surface area contributed by atoms with Crippen LogP contribution in [0.2, 0.25) is 0 Å². The summed E-state index contributed by atoms with van der Waals surface area (Å²) in [5.41, 5.74) is 2.41. The summed E-state index contributed by atoms with van der Waals surface area (Å²) < 4.78 is 6.67. The molecule has 0 radical (unpaired) electrons. The number of nitrogens with one attached hydrogen (secondary N) is 3. The third-order valence-electron chi connectivity index (χ3n) is 4.09. The minimum Gasteiger partial charge on any atom is -0.459 e. The second-order valence-electron chi connectivity index (χ2n) is 6.24. The van der Waals surface area contributed by atoms with E-state index in [1.165, 1.54) is 0 Å². The number of furan rings is 1. The van der Waals surface area contributed by atoms with Gasteiger partial charge in [0.05, 0.1) is 12.6 Å². The minimum absolute atomic E-state index is 0.131. The number of fused-ring (bicyclic) bond motifs is 1. The molecule has 0 aliphatic carbocycles. The Hall–Kier alpha value is -2.80. The first-order chi connectivity index (χ1) is 12.9. The largest absolute Gasteiger partial charge is 0.459 e. The molecule has 7 heteroatoms. The molecule has 1 aromatic heterocycles. The van der Waals surface area contributed by atoms with Crippen molar-refractivity contribution in [1.82, 2.24) is 10.6 Å². The number of hydrogen-bond acceptors (Lipinski definition) is 3. The van der Waals surface area contributed by atoms with Gasteiger partial charge in [-0.25, -0.2) is 4.79 Å². The fourth-order valence-electron chi connectivity index (χ4n) is 2.66. The van der Waals surface area contributed by atoms with Gasteiger partial charge in [-0.2, -0.15) is 0 Å². The van der Waals surface area contributed by atoms with Crippen molar-refractivity contribution in [3.05, 3.63) is 64.3 Å². The second kappa shape index (κ2) is 8.26. The number of rotatable bonds is 5. The van der Waals surface area contributed by atoms with Crippen LogP contribution in [0.4, 0.5) is 10.5 Å². The van der Waals surface area contributed by atoms with Crippen LogP contribution in [0.1, 0.15) is 24.3 Å². The van der Waals surface area contributed by atoms with Gasteiger partial charge in [-0.3, -0.25) is 4.79 Å². The van der Waals surface area contributed by atoms with Crippen molar-refractivity contribution >= 4 is 44.5 Å². The molecule has 0 saturated heterocycles. The van der Waals surface area contributed by atoms with Crippen molar-refractivity contribution in [2.24, 2.45) is 0 Å². The molecule has 0 bridgehead atoms. The SMILES string of the molecule is Cc1cc(Br)ccc1NC(=O)CNC(=O)NC(C)c1cc2ccccc2o1. The fraction of sp³-hybridized carbons (Fsp3) is 0.200. The first-order valence-corrected chi connectivity index (χ1v) is 9.30. The van der Waals surface area contributed by atoms with Crippen LogP contribution in [0.15, 0.2) is 57.4 Å². The molecule has 2 aromatic carbocycles. The highest BCUT2D eigenvalue weighted by Gasteiger charge is 2.15. The maximum absolute atomic E-state index is 12.1. The quantitative estimate of drug-likeness (QED) is 0.557. The number of benzene rings is 2. The highest BCUT2D eigenvalue weighted by atomic mass is 79.9. The topological polar surface area (TPSA) is 83.4 Å². The molecule has 27 heavy (non-hydrogen) atoms. The normalized spacial score (nSPS) is 11.8. The van der Waals surface area contributed by atoms with Gasteiger partial charge in [0.15, 0.2) is 0 Å². The predicted molar refractivity (Wildman–Crippen MR) is 109 cm³/mol. The number of anilines is 1. The molecule has 3 rings (SSSR count). The van der Waals surface area contributed by atoms with E-state index >= 15 is 0 Å². The molecule has 0 spiro atoms. The molecule has 140 valence electrons. The summed E-state index contributed by atoms with van der Waals surface area (Å²) in [5, 5.41) is 9.07. The van der Waals surface area contributed by atoms with E-state index in [-0.39, 0.29) is 18.5 Å².